The number of furan rings is 1. The van der Waals surface area contributed by atoms with Crippen LogP contribution in [0.3, 0.4) is 0 Å². The van der Waals surface area contributed by atoms with Crippen LogP contribution in [0.4, 0.5) is 0 Å². The van der Waals surface area contributed by atoms with Gasteiger partial charge in [-0.3, -0.25) is 4.79 Å². The number of nitrogens with zero attached hydrogens (tertiary/aromatic N) is 1. The van der Waals surface area contributed by atoms with Gasteiger partial charge in [0, 0.05) is 23.5 Å². The molecule has 1 aliphatic heterocycles. The number of benzene rings is 2. The lowest BCUT2D eigenvalue weighted by Gasteiger charge is -2.28. The molecule has 31 heavy (non-hydrogen) atoms. The first-order valence-corrected chi connectivity index (χ1v) is 12.3. The zero-order valence-corrected chi connectivity index (χ0v) is 18.9. The fourth-order valence-electron chi connectivity index (χ4n) is 4.11. The van der Waals surface area contributed by atoms with E-state index < -0.39 is 9.84 Å². The molecule has 0 bridgehead atoms. The van der Waals surface area contributed by atoms with Crippen molar-refractivity contribution in [3.8, 4) is 5.75 Å². The average Bonchev–Trinajstić information content (AvgIpc) is 3.26. The van der Waals surface area contributed by atoms with Crippen LogP contribution in [0.5, 0.6) is 5.75 Å². The van der Waals surface area contributed by atoms with Gasteiger partial charge in [-0.15, -0.1) is 0 Å². The second-order valence-corrected chi connectivity index (χ2v) is 10.4. The van der Waals surface area contributed by atoms with Crippen LogP contribution in [0.2, 0.25) is 0 Å². The van der Waals surface area contributed by atoms with E-state index in [-0.39, 0.29) is 29.2 Å². The van der Waals surface area contributed by atoms with E-state index in [0.29, 0.717) is 25.2 Å². The molecule has 7 heteroatoms. The molecule has 1 amide bonds. The number of fused-ring (bicyclic) bond motifs is 1. The first-order valence-electron chi connectivity index (χ1n) is 10.5. The van der Waals surface area contributed by atoms with Crippen molar-refractivity contribution in [1.82, 2.24) is 4.90 Å². The Morgan fingerprint density at radius 2 is 1.90 bits per heavy atom. The second-order valence-electron chi connectivity index (χ2n) is 8.12. The molecule has 1 fully saturated rings. The number of hydrogen-bond acceptors (Lipinski definition) is 5. The summed E-state index contributed by atoms with van der Waals surface area (Å²) in [7, 11) is -3.15. The maximum atomic E-state index is 13.6. The lowest BCUT2D eigenvalue weighted by Crippen LogP contribution is -2.40. The molecule has 1 saturated heterocycles. The van der Waals surface area contributed by atoms with Gasteiger partial charge in [0.15, 0.2) is 15.6 Å². The summed E-state index contributed by atoms with van der Waals surface area (Å²) < 4.78 is 35.7. The predicted molar refractivity (Wildman–Crippen MR) is 120 cm³/mol. The van der Waals surface area contributed by atoms with Gasteiger partial charge in [-0.2, -0.15) is 0 Å². The van der Waals surface area contributed by atoms with Crippen LogP contribution in [0, 0.1) is 13.8 Å². The summed E-state index contributed by atoms with van der Waals surface area (Å²) in [6, 6.07) is 13.0. The van der Waals surface area contributed by atoms with E-state index in [1.54, 1.807) is 4.90 Å². The summed E-state index contributed by atoms with van der Waals surface area (Å²) >= 11 is 0. The molecular weight excluding hydrogens is 414 g/mol. The first kappa shape index (κ1) is 21.4. The fraction of sp³-hybridized carbons (Fsp3) is 0.375. The van der Waals surface area contributed by atoms with Crippen LogP contribution in [0.25, 0.3) is 11.0 Å². The van der Waals surface area contributed by atoms with Crippen molar-refractivity contribution in [2.75, 3.05) is 18.1 Å². The third kappa shape index (κ3) is 4.46. The van der Waals surface area contributed by atoms with Crippen molar-refractivity contribution in [1.29, 1.82) is 0 Å². The zero-order valence-electron chi connectivity index (χ0n) is 18.1. The topological polar surface area (TPSA) is 76.8 Å². The standard InChI is InChI=1S/C24H27NO5S/c1-4-29-20-8-6-18(7-9-20)14-25(19-11-12-31(27,28)15-19)24(26)23-17(3)21-10-5-16(2)13-22(21)30-23/h5-10,13,19H,4,11-12,14-15H2,1-3H3/t19-/m1/s1. The summed E-state index contributed by atoms with van der Waals surface area (Å²) in [6.45, 7) is 6.65. The lowest BCUT2D eigenvalue weighted by atomic mass is 10.1. The smallest absolute Gasteiger partial charge is 0.290 e. The van der Waals surface area contributed by atoms with Crippen molar-refractivity contribution >= 4 is 26.7 Å². The van der Waals surface area contributed by atoms with E-state index in [9.17, 15) is 13.2 Å². The molecule has 3 aromatic rings. The van der Waals surface area contributed by atoms with E-state index in [0.717, 1.165) is 27.8 Å². The highest BCUT2D eigenvalue weighted by molar-refractivity contribution is 7.91. The Kier molecular flexibility index (Phi) is 5.79. The number of aryl methyl sites for hydroxylation is 2. The van der Waals surface area contributed by atoms with Crippen molar-refractivity contribution in [3.63, 3.8) is 0 Å². The number of carbonyl (C=O) groups is 1. The van der Waals surface area contributed by atoms with Crippen LogP contribution in [-0.4, -0.2) is 43.4 Å². The molecule has 0 saturated carbocycles. The van der Waals surface area contributed by atoms with Crippen LogP contribution in [0.15, 0.2) is 46.9 Å². The third-order valence-electron chi connectivity index (χ3n) is 5.79. The molecule has 164 valence electrons. The SMILES string of the molecule is CCOc1ccc(CN(C(=O)c2oc3cc(C)ccc3c2C)[C@@H]2CCS(=O)(=O)C2)cc1. The minimum absolute atomic E-state index is 0.0197. The second kappa shape index (κ2) is 8.38. The van der Waals surface area contributed by atoms with E-state index >= 15 is 0 Å². The normalized spacial score (nSPS) is 17.7. The minimum atomic E-state index is -3.15. The Morgan fingerprint density at radius 3 is 2.55 bits per heavy atom. The molecule has 6 nitrogen and oxygen atoms in total. The number of carbonyl (C=O) groups excluding carboxylic acids is 1. The lowest BCUT2D eigenvalue weighted by molar-refractivity contribution is 0.0649. The number of rotatable bonds is 6. The Morgan fingerprint density at radius 1 is 1.16 bits per heavy atom. The summed E-state index contributed by atoms with van der Waals surface area (Å²) in [5.74, 6) is 0.839. The van der Waals surface area contributed by atoms with E-state index in [4.69, 9.17) is 9.15 Å². The molecule has 1 aliphatic rings. The van der Waals surface area contributed by atoms with Crippen LogP contribution in [0.1, 0.15) is 40.6 Å². The molecule has 4 rings (SSSR count). The van der Waals surface area contributed by atoms with Gasteiger partial charge < -0.3 is 14.1 Å². The Balaban J connectivity index is 1.68. The maximum absolute atomic E-state index is 13.6. The molecular formula is C24H27NO5S. The average molecular weight is 442 g/mol. The Bertz CT molecular complexity index is 1210. The van der Waals surface area contributed by atoms with Crippen molar-refractivity contribution in [2.45, 2.75) is 39.8 Å². The number of hydrogen-bond donors (Lipinski definition) is 0. The zero-order chi connectivity index (χ0) is 22.2. The molecule has 0 radical (unpaired) electrons. The van der Waals surface area contributed by atoms with Gasteiger partial charge in [0.2, 0.25) is 0 Å². The molecule has 0 aliphatic carbocycles. The molecule has 1 aromatic heterocycles. The van der Waals surface area contributed by atoms with E-state index in [1.807, 2.05) is 63.2 Å². The van der Waals surface area contributed by atoms with Gasteiger partial charge in [-0.05, 0) is 56.5 Å². The molecule has 1 atom stereocenters. The summed E-state index contributed by atoms with van der Waals surface area (Å²) in [4.78, 5) is 15.3. The van der Waals surface area contributed by atoms with Crippen LogP contribution >= 0.6 is 0 Å². The van der Waals surface area contributed by atoms with Crippen molar-refractivity contribution in [2.24, 2.45) is 0 Å². The highest BCUT2D eigenvalue weighted by Gasteiger charge is 2.36. The van der Waals surface area contributed by atoms with Crippen LogP contribution < -0.4 is 4.74 Å². The molecule has 2 aromatic carbocycles. The first-order chi connectivity index (χ1) is 14.8. The number of ether oxygens (including phenoxy) is 1. The molecule has 0 unspecified atom stereocenters. The fourth-order valence-corrected chi connectivity index (χ4v) is 5.84. The quantitative estimate of drug-likeness (QED) is 0.571. The van der Waals surface area contributed by atoms with E-state index in [2.05, 4.69) is 0 Å². The predicted octanol–water partition coefficient (Wildman–Crippen LogP) is 4.28. The molecule has 0 spiro atoms. The Hall–Kier alpha value is -2.80. The third-order valence-corrected chi connectivity index (χ3v) is 7.54. The summed E-state index contributed by atoms with van der Waals surface area (Å²) in [5, 5.41) is 0.897. The number of sulfone groups is 1. The largest absolute Gasteiger partial charge is 0.494 e. The summed E-state index contributed by atoms with van der Waals surface area (Å²) in [5.41, 5.74) is 3.40. The van der Waals surface area contributed by atoms with Gasteiger partial charge in [0.25, 0.3) is 5.91 Å². The molecule has 2 heterocycles. The van der Waals surface area contributed by atoms with Gasteiger partial charge in [0.05, 0.1) is 18.1 Å². The summed E-state index contributed by atoms with van der Waals surface area (Å²) in [6.07, 6.45) is 0.434. The van der Waals surface area contributed by atoms with Crippen LogP contribution in [-0.2, 0) is 16.4 Å². The molecule has 0 N–H and O–H groups in total. The van der Waals surface area contributed by atoms with Crippen molar-refractivity contribution < 1.29 is 22.4 Å². The monoisotopic (exact) mass is 441 g/mol. The van der Waals surface area contributed by atoms with Gasteiger partial charge in [-0.1, -0.05) is 24.3 Å². The highest BCUT2D eigenvalue weighted by atomic mass is 32.2. The van der Waals surface area contributed by atoms with E-state index in [1.165, 1.54) is 0 Å². The van der Waals surface area contributed by atoms with Gasteiger partial charge in [-0.25, -0.2) is 8.42 Å². The highest BCUT2D eigenvalue weighted by Crippen LogP contribution is 2.30. The minimum Gasteiger partial charge on any atom is -0.494 e. The van der Waals surface area contributed by atoms with Gasteiger partial charge in [0.1, 0.15) is 11.3 Å². The maximum Gasteiger partial charge on any atom is 0.290 e. The number of amides is 1. The Labute approximate surface area is 182 Å². The van der Waals surface area contributed by atoms with Crippen molar-refractivity contribution in [3.05, 3.63) is 64.9 Å². The van der Waals surface area contributed by atoms with Gasteiger partial charge >= 0.3 is 0 Å².